The largest absolute Gasteiger partial charge is 0.460 e. The second-order valence-corrected chi connectivity index (χ2v) is 1.92. The molecule has 0 atom stereocenters. The first kappa shape index (κ1) is 5.22. The highest BCUT2D eigenvalue weighted by Crippen LogP contribution is 2.13. The normalized spacial score (nSPS) is 10.4. The molecule has 2 aromatic heterocycles. The van der Waals surface area contributed by atoms with Crippen LogP contribution in [-0.4, -0.2) is 16.4 Å². The summed E-state index contributed by atoms with van der Waals surface area (Å²) in [6.07, 6.45) is 2.73. The number of hydrogen-bond donors (Lipinski definition) is 2. The maximum atomic E-state index is 6.92. The maximum Gasteiger partial charge on any atom is 0.180 e. The van der Waals surface area contributed by atoms with E-state index in [4.69, 9.17) is 9.83 Å². The van der Waals surface area contributed by atoms with Crippen LogP contribution in [-0.2, 0) is 0 Å². The van der Waals surface area contributed by atoms with Gasteiger partial charge in [0.05, 0.1) is 6.26 Å². The zero-order valence-corrected chi connectivity index (χ0v) is 5.09. The van der Waals surface area contributed by atoms with Crippen molar-refractivity contribution >= 4 is 17.3 Å². The summed E-state index contributed by atoms with van der Waals surface area (Å²) in [5.41, 5.74) is 2.02. The van der Waals surface area contributed by atoms with Gasteiger partial charge in [-0.05, 0) is 0 Å². The molecule has 0 amide bonds. The molecule has 10 heavy (non-hydrogen) atoms. The fraction of sp³-hybridized carbons (Fsp3) is 0. The van der Waals surface area contributed by atoms with Gasteiger partial charge in [-0.1, -0.05) is 0 Å². The molecule has 0 spiro atoms. The third kappa shape index (κ3) is 0.500. The molecule has 0 aliphatic carbocycles. The summed E-state index contributed by atoms with van der Waals surface area (Å²) in [7, 11) is 0. The lowest BCUT2D eigenvalue weighted by Gasteiger charge is -1.77. The predicted octanol–water partition coefficient (Wildman–Crippen LogP) is 1.15. The Morgan fingerprint density at radius 1 is 1.70 bits per heavy atom. The van der Waals surface area contributed by atoms with Crippen molar-refractivity contribution in [3.63, 3.8) is 0 Å². The van der Waals surface area contributed by atoms with Crippen molar-refractivity contribution in [1.29, 1.82) is 5.41 Å². The van der Waals surface area contributed by atoms with Gasteiger partial charge in [-0.15, -0.1) is 0 Å². The molecule has 2 aromatic rings. The van der Waals surface area contributed by atoms with Gasteiger partial charge in [-0.25, -0.2) is 0 Å². The van der Waals surface area contributed by atoms with Gasteiger partial charge in [0.2, 0.25) is 0 Å². The Kier molecular flexibility index (Phi) is 0.887. The first-order chi connectivity index (χ1) is 4.92. The van der Waals surface area contributed by atoms with Crippen molar-refractivity contribution in [2.45, 2.75) is 0 Å². The summed E-state index contributed by atoms with van der Waals surface area (Å²) in [5, 5.41) is 13.5. The minimum absolute atomic E-state index is 0.611. The molecule has 0 saturated carbocycles. The van der Waals surface area contributed by atoms with Crippen LogP contribution in [0.25, 0.3) is 11.1 Å². The SMILES string of the molecule is N=Cc1[nH]nc2ccoc12. The lowest BCUT2D eigenvalue weighted by molar-refractivity contribution is 0.614. The molecule has 0 radical (unpaired) electrons. The van der Waals surface area contributed by atoms with Gasteiger partial charge in [0, 0.05) is 12.3 Å². The second kappa shape index (κ2) is 1.70. The lowest BCUT2D eigenvalue weighted by atomic mass is 10.4. The Labute approximate surface area is 56.4 Å². The molecule has 0 unspecified atom stereocenters. The molecule has 2 heterocycles. The highest BCUT2D eigenvalue weighted by atomic mass is 16.3. The summed E-state index contributed by atoms with van der Waals surface area (Å²) >= 11 is 0. The molecule has 2 rings (SSSR count). The number of aromatic amines is 1. The minimum atomic E-state index is 0.611. The Hall–Kier alpha value is -1.58. The third-order valence-electron chi connectivity index (χ3n) is 1.33. The number of hydrogen-bond acceptors (Lipinski definition) is 3. The van der Waals surface area contributed by atoms with E-state index in [1.165, 1.54) is 6.21 Å². The summed E-state index contributed by atoms with van der Waals surface area (Å²) < 4.78 is 5.03. The molecule has 4 nitrogen and oxygen atoms in total. The average Bonchev–Trinajstić information content (AvgIpc) is 2.44. The van der Waals surface area contributed by atoms with Gasteiger partial charge in [0.25, 0.3) is 0 Å². The third-order valence-corrected chi connectivity index (χ3v) is 1.33. The van der Waals surface area contributed by atoms with E-state index in [0.717, 1.165) is 5.52 Å². The van der Waals surface area contributed by atoms with E-state index in [0.29, 0.717) is 11.3 Å². The standard InChI is InChI=1S/C6H5N3O/c7-3-5-6-4(8-9-5)1-2-10-6/h1-3,7H,(H,8,9). The van der Waals surface area contributed by atoms with Crippen molar-refractivity contribution < 1.29 is 4.42 Å². The van der Waals surface area contributed by atoms with E-state index in [1.54, 1.807) is 12.3 Å². The fourth-order valence-corrected chi connectivity index (χ4v) is 0.861. The van der Waals surface area contributed by atoms with Crippen LogP contribution in [0.1, 0.15) is 5.69 Å². The van der Waals surface area contributed by atoms with Crippen molar-refractivity contribution in [2.75, 3.05) is 0 Å². The fourth-order valence-electron chi connectivity index (χ4n) is 0.861. The molecule has 0 saturated heterocycles. The van der Waals surface area contributed by atoms with Gasteiger partial charge in [0.15, 0.2) is 5.58 Å². The van der Waals surface area contributed by atoms with Crippen LogP contribution in [0.3, 0.4) is 0 Å². The highest BCUT2D eigenvalue weighted by Gasteiger charge is 2.03. The molecule has 0 fully saturated rings. The second-order valence-electron chi connectivity index (χ2n) is 1.92. The number of nitrogens with one attached hydrogen (secondary N) is 2. The molecule has 0 aliphatic heterocycles. The van der Waals surface area contributed by atoms with Crippen molar-refractivity contribution in [3.05, 3.63) is 18.0 Å². The van der Waals surface area contributed by atoms with Crippen LogP contribution in [0, 0.1) is 5.41 Å². The molecule has 0 bridgehead atoms. The quantitative estimate of drug-likeness (QED) is 0.576. The van der Waals surface area contributed by atoms with E-state index < -0.39 is 0 Å². The van der Waals surface area contributed by atoms with E-state index in [-0.39, 0.29) is 0 Å². The zero-order chi connectivity index (χ0) is 6.97. The summed E-state index contributed by atoms with van der Waals surface area (Å²) in [5.74, 6) is 0. The zero-order valence-electron chi connectivity index (χ0n) is 5.09. The number of nitrogens with zero attached hydrogens (tertiary/aromatic N) is 1. The van der Waals surface area contributed by atoms with Crippen molar-refractivity contribution in [3.8, 4) is 0 Å². The number of fused-ring (bicyclic) bond motifs is 1. The first-order valence-electron chi connectivity index (χ1n) is 2.84. The van der Waals surface area contributed by atoms with Gasteiger partial charge in [-0.3, -0.25) is 5.10 Å². The molecule has 0 aliphatic rings. The van der Waals surface area contributed by atoms with Crippen LogP contribution in [0.5, 0.6) is 0 Å². The summed E-state index contributed by atoms with van der Waals surface area (Å²) in [6, 6.07) is 1.75. The molecule has 50 valence electrons. The number of aromatic nitrogens is 2. The van der Waals surface area contributed by atoms with Crippen LogP contribution in [0.4, 0.5) is 0 Å². The monoisotopic (exact) mass is 135 g/mol. The maximum absolute atomic E-state index is 6.92. The van der Waals surface area contributed by atoms with E-state index in [9.17, 15) is 0 Å². The van der Waals surface area contributed by atoms with Crippen LogP contribution < -0.4 is 0 Å². The Morgan fingerprint density at radius 3 is 3.40 bits per heavy atom. The van der Waals surface area contributed by atoms with Crippen LogP contribution in [0.2, 0.25) is 0 Å². The van der Waals surface area contributed by atoms with Crippen molar-refractivity contribution in [1.82, 2.24) is 10.2 Å². The molecule has 0 aromatic carbocycles. The summed E-state index contributed by atoms with van der Waals surface area (Å²) in [4.78, 5) is 0. The number of H-pyrrole nitrogens is 1. The predicted molar refractivity (Wildman–Crippen MR) is 36.2 cm³/mol. The Morgan fingerprint density at radius 2 is 2.60 bits per heavy atom. The average molecular weight is 135 g/mol. The van der Waals surface area contributed by atoms with Gasteiger partial charge < -0.3 is 9.83 Å². The van der Waals surface area contributed by atoms with Gasteiger partial charge >= 0.3 is 0 Å². The lowest BCUT2D eigenvalue weighted by Crippen LogP contribution is -1.77. The minimum Gasteiger partial charge on any atom is -0.460 e. The topological polar surface area (TPSA) is 65.7 Å². The molecular weight excluding hydrogens is 130 g/mol. The smallest absolute Gasteiger partial charge is 0.180 e. The van der Waals surface area contributed by atoms with E-state index >= 15 is 0 Å². The highest BCUT2D eigenvalue weighted by molar-refractivity contribution is 5.91. The number of furan rings is 1. The number of rotatable bonds is 1. The molecular formula is C6H5N3O. The first-order valence-corrected chi connectivity index (χ1v) is 2.84. The van der Waals surface area contributed by atoms with Gasteiger partial charge in [-0.2, -0.15) is 5.10 Å². The Bertz CT molecular complexity index is 360. The van der Waals surface area contributed by atoms with E-state index in [2.05, 4.69) is 10.2 Å². The van der Waals surface area contributed by atoms with Crippen LogP contribution >= 0.6 is 0 Å². The van der Waals surface area contributed by atoms with E-state index in [1.807, 2.05) is 0 Å². The summed E-state index contributed by atoms with van der Waals surface area (Å²) in [6.45, 7) is 0. The Balaban J connectivity index is 2.88. The van der Waals surface area contributed by atoms with Crippen molar-refractivity contribution in [2.24, 2.45) is 0 Å². The molecule has 2 N–H and O–H groups in total. The molecule has 4 heteroatoms. The van der Waals surface area contributed by atoms with Gasteiger partial charge in [0.1, 0.15) is 11.2 Å². The van der Waals surface area contributed by atoms with Crippen LogP contribution in [0.15, 0.2) is 16.7 Å².